The molecule has 3 aromatic rings. The molecule has 0 aliphatic carbocycles. The molecule has 2 aliphatic heterocycles. The van der Waals surface area contributed by atoms with Crippen molar-refractivity contribution in [2.45, 2.75) is 24.7 Å². The zero-order valence-corrected chi connectivity index (χ0v) is 18.0. The third kappa shape index (κ3) is 3.54. The number of carbonyl (C=O) groups excluding carboxylic acids is 1. The van der Waals surface area contributed by atoms with E-state index in [0.717, 1.165) is 41.9 Å². The summed E-state index contributed by atoms with van der Waals surface area (Å²) in [5.41, 5.74) is 3.42. The number of hydrogen-bond donors (Lipinski definition) is 0. The Balaban J connectivity index is 1.39. The Kier molecular flexibility index (Phi) is 5.41. The van der Waals surface area contributed by atoms with Gasteiger partial charge in [0.25, 0.3) is 0 Å². The second kappa shape index (κ2) is 8.51. The summed E-state index contributed by atoms with van der Waals surface area (Å²) >= 11 is 0. The number of likely N-dealkylation sites (tertiary alicyclic amines) is 1. The molecule has 5 rings (SSSR count). The van der Waals surface area contributed by atoms with Gasteiger partial charge in [-0.3, -0.25) is 4.79 Å². The molecule has 0 aromatic heterocycles. The second-order valence-electron chi connectivity index (χ2n) is 8.69. The molecule has 0 spiro atoms. The molecule has 1 atom stereocenters. The smallest absolute Gasteiger partial charge is 0.227 e. The third-order valence-corrected chi connectivity index (χ3v) is 6.90. The highest BCUT2D eigenvalue weighted by Crippen LogP contribution is 2.43. The fraction of sp³-hybridized carbons (Fsp3) is 0.286. The highest BCUT2D eigenvalue weighted by atomic mass is 16.5. The van der Waals surface area contributed by atoms with Crippen LogP contribution in [-0.2, 0) is 23.1 Å². The standard InChI is InChI=1S/C28H26N2O2/c29-20-28(23-7-3-1-4-8-23,24-9-5-2-6-10-24)25-13-15-30(19-25)27(31)18-21-11-12-26-22(17-21)14-16-32-26/h1-12,17,25H,13-16,18-19H2/t25-/m1/s1. The zero-order chi connectivity index (χ0) is 22.0. The van der Waals surface area contributed by atoms with Crippen molar-refractivity contribution in [1.29, 1.82) is 5.26 Å². The van der Waals surface area contributed by atoms with Crippen LogP contribution in [0.2, 0.25) is 0 Å². The molecule has 160 valence electrons. The maximum absolute atomic E-state index is 13.2. The SMILES string of the molecule is N#CC(c1ccccc1)(c1ccccc1)[C@@H]1CCN(C(=O)Cc2ccc3c(c2)CCO3)C1. The summed E-state index contributed by atoms with van der Waals surface area (Å²) in [6.07, 6.45) is 2.10. The van der Waals surface area contributed by atoms with Crippen molar-refractivity contribution in [2.24, 2.45) is 5.92 Å². The number of fused-ring (bicyclic) bond motifs is 1. The first kappa shape index (κ1) is 20.3. The molecule has 0 bridgehead atoms. The normalized spacial score (nSPS) is 17.5. The zero-order valence-electron chi connectivity index (χ0n) is 18.0. The molecular weight excluding hydrogens is 396 g/mol. The molecule has 0 unspecified atom stereocenters. The van der Waals surface area contributed by atoms with Gasteiger partial charge in [-0.1, -0.05) is 72.8 Å². The molecule has 4 heteroatoms. The topological polar surface area (TPSA) is 53.3 Å². The van der Waals surface area contributed by atoms with E-state index < -0.39 is 5.41 Å². The maximum atomic E-state index is 13.2. The quantitative estimate of drug-likeness (QED) is 0.607. The van der Waals surface area contributed by atoms with Crippen LogP contribution in [0.1, 0.15) is 28.7 Å². The summed E-state index contributed by atoms with van der Waals surface area (Å²) in [5.74, 6) is 1.10. The minimum absolute atomic E-state index is 0.0367. The lowest BCUT2D eigenvalue weighted by Crippen LogP contribution is -2.38. The summed E-state index contributed by atoms with van der Waals surface area (Å²) < 4.78 is 5.58. The average molecular weight is 423 g/mol. The van der Waals surface area contributed by atoms with Gasteiger partial charge in [-0.05, 0) is 34.7 Å². The van der Waals surface area contributed by atoms with Crippen molar-refractivity contribution in [1.82, 2.24) is 4.90 Å². The lowest BCUT2D eigenvalue weighted by Gasteiger charge is -2.34. The van der Waals surface area contributed by atoms with E-state index >= 15 is 0 Å². The summed E-state index contributed by atoms with van der Waals surface area (Å²) in [6.45, 7) is 1.99. The van der Waals surface area contributed by atoms with Gasteiger partial charge in [-0.15, -0.1) is 0 Å². The molecule has 0 N–H and O–H groups in total. The van der Waals surface area contributed by atoms with Gasteiger partial charge in [-0.2, -0.15) is 5.26 Å². The van der Waals surface area contributed by atoms with Crippen LogP contribution < -0.4 is 4.74 Å². The van der Waals surface area contributed by atoms with Crippen molar-refractivity contribution in [2.75, 3.05) is 19.7 Å². The minimum atomic E-state index is -0.775. The monoisotopic (exact) mass is 422 g/mol. The van der Waals surface area contributed by atoms with Gasteiger partial charge in [0.1, 0.15) is 11.2 Å². The Morgan fingerprint density at radius 2 is 1.72 bits per heavy atom. The van der Waals surface area contributed by atoms with Crippen molar-refractivity contribution in [3.63, 3.8) is 0 Å². The number of nitrogens with zero attached hydrogens (tertiary/aromatic N) is 2. The Morgan fingerprint density at radius 3 is 2.38 bits per heavy atom. The van der Waals surface area contributed by atoms with Crippen LogP contribution >= 0.6 is 0 Å². The first-order chi connectivity index (χ1) is 15.7. The first-order valence-corrected chi connectivity index (χ1v) is 11.3. The highest BCUT2D eigenvalue weighted by molar-refractivity contribution is 5.79. The number of rotatable bonds is 5. The van der Waals surface area contributed by atoms with Crippen molar-refractivity contribution in [3.8, 4) is 11.8 Å². The third-order valence-electron chi connectivity index (χ3n) is 6.90. The fourth-order valence-corrected chi connectivity index (χ4v) is 5.24. The van der Waals surface area contributed by atoms with Gasteiger partial charge < -0.3 is 9.64 Å². The molecule has 2 aliphatic rings. The maximum Gasteiger partial charge on any atom is 0.227 e. The van der Waals surface area contributed by atoms with Gasteiger partial charge >= 0.3 is 0 Å². The molecule has 3 aromatic carbocycles. The van der Waals surface area contributed by atoms with Crippen LogP contribution in [0.5, 0.6) is 5.75 Å². The molecule has 2 heterocycles. The lowest BCUT2D eigenvalue weighted by atomic mass is 9.66. The molecule has 4 nitrogen and oxygen atoms in total. The van der Waals surface area contributed by atoms with Gasteiger partial charge in [0.2, 0.25) is 5.91 Å². The van der Waals surface area contributed by atoms with Gasteiger partial charge in [0.05, 0.1) is 19.1 Å². The Morgan fingerprint density at radius 1 is 1.03 bits per heavy atom. The number of hydrogen-bond acceptors (Lipinski definition) is 3. The molecule has 1 fully saturated rings. The van der Waals surface area contributed by atoms with Crippen LogP contribution in [0, 0.1) is 17.2 Å². The van der Waals surface area contributed by atoms with Gasteiger partial charge in [-0.25, -0.2) is 0 Å². The fourth-order valence-electron chi connectivity index (χ4n) is 5.24. The number of carbonyl (C=O) groups is 1. The number of nitriles is 1. The summed E-state index contributed by atoms with van der Waals surface area (Å²) in [6, 6.07) is 28.8. The Bertz CT molecular complexity index is 1110. The molecule has 32 heavy (non-hydrogen) atoms. The summed E-state index contributed by atoms with van der Waals surface area (Å²) in [4.78, 5) is 15.1. The van der Waals surface area contributed by atoms with Crippen molar-refractivity contribution >= 4 is 5.91 Å². The van der Waals surface area contributed by atoms with Crippen LogP contribution in [0.15, 0.2) is 78.9 Å². The predicted octanol–water partition coefficient (Wildman–Crippen LogP) is 4.52. The van der Waals surface area contributed by atoms with Crippen LogP contribution in [0.4, 0.5) is 0 Å². The van der Waals surface area contributed by atoms with Crippen LogP contribution in [0.25, 0.3) is 0 Å². The summed E-state index contributed by atoms with van der Waals surface area (Å²) in [5, 5.41) is 10.5. The van der Waals surface area contributed by atoms with E-state index in [1.165, 1.54) is 5.56 Å². The van der Waals surface area contributed by atoms with E-state index in [0.29, 0.717) is 19.5 Å². The van der Waals surface area contributed by atoms with Gasteiger partial charge in [0.15, 0.2) is 0 Å². The molecule has 1 saturated heterocycles. The number of ether oxygens (including phenoxy) is 1. The minimum Gasteiger partial charge on any atom is -0.493 e. The van der Waals surface area contributed by atoms with Crippen molar-refractivity contribution in [3.05, 3.63) is 101 Å². The molecule has 0 radical (unpaired) electrons. The second-order valence-corrected chi connectivity index (χ2v) is 8.69. The molecular formula is C28H26N2O2. The largest absolute Gasteiger partial charge is 0.493 e. The number of benzene rings is 3. The van der Waals surface area contributed by atoms with Gasteiger partial charge in [0, 0.05) is 25.4 Å². The predicted molar refractivity (Wildman–Crippen MR) is 123 cm³/mol. The highest BCUT2D eigenvalue weighted by Gasteiger charge is 2.46. The van der Waals surface area contributed by atoms with E-state index in [1.54, 1.807) is 0 Å². The average Bonchev–Trinajstić information content (AvgIpc) is 3.51. The van der Waals surface area contributed by atoms with E-state index in [4.69, 9.17) is 4.74 Å². The first-order valence-electron chi connectivity index (χ1n) is 11.3. The van der Waals surface area contributed by atoms with E-state index in [-0.39, 0.29) is 11.8 Å². The lowest BCUT2D eigenvalue weighted by molar-refractivity contribution is -0.129. The van der Waals surface area contributed by atoms with Crippen molar-refractivity contribution < 1.29 is 9.53 Å². The van der Waals surface area contributed by atoms with E-state index in [2.05, 4.69) is 12.1 Å². The van der Waals surface area contributed by atoms with Crippen LogP contribution in [0.3, 0.4) is 0 Å². The summed E-state index contributed by atoms with van der Waals surface area (Å²) in [7, 11) is 0. The van der Waals surface area contributed by atoms with E-state index in [1.807, 2.05) is 77.7 Å². The van der Waals surface area contributed by atoms with E-state index in [9.17, 15) is 10.1 Å². The molecule has 1 amide bonds. The Hall–Kier alpha value is -3.58. The van der Waals surface area contributed by atoms with Crippen LogP contribution in [-0.4, -0.2) is 30.5 Å². The molecule has 0 saturated carbocycles. The number of amides is 1. The Labute approximate surface area is 189 Å².